The molecule has 2 aliphatic heterocycles. The second kappa shape index (κ2) is 4.61. The third-order valence-electron chi connectivity index (χ3n) is 3.85. The molecule has 1 atom stereocenters. The van der Waals surface area contributed by atoms with E-state index < -0.39 is 0 Å². The Morgan fingerprint density at radius 3 is 2.89 bits per heavy atom. The Labute approximate surface area is 107 Å². The van der Waals surface area contributed by atoms with Gasteiger partial charge in [0.05, 0.1) is 6.61 Å². The van der Waals surface area contributed by atoms with Crippen LogP contribution in [0.25, 0.3) is 0 Å². The highest BCUT2D eigenvalue weighted by molar-refractivity contribution is 5.77. The lowest BCUT2D eigenvalue weighted by Gasteiger charge is -2.24. The number of fused-ring (bicyclic) bond motifs is 1. The van der Waals surface area contributed by atoms with Gasteiger partial charge in [-0.25, -0.2) is 0 Å². The lowest BCUT2D eigenvalue weighted by molar-refractivity contribution is -0.142. The van der Waals surface area contributed by atoms with Crippen LogP contribution in [0, 0.1) is 0 Å². The van der Waals surface area contributed by atoms with Crippen LogP contribution in [0.5, 0.6) is 0 Å². The number of esters is 1. The number of ether oxygens (including phenoxy) is 1. The number of benzene rings is 1. The molecule has 0 unspecified atom stereocenters. The van der Waals surface area contributed by atoms with E-state index in [0.29, 0.717) is 6.61 Å². The third-order valence-corrected chi connectivity index (χ3v) is 3.85. The van der Waals surface area contributed by atoms with Crippen molar-refractivity contribution in [3.8, 4) is 0 Å². The van der Waals surface area contributed by atoms with Gasteiger partial charge in [-0.2, -0.15) is 0 Å². The maximum atomic E-state index is 11.7. The molecule has 0 radical (unpaired) electrons. The number of cyclic esters (lactones) is 1. The summed E-state index contributed by atoms with van der Waals surface area (Å²) in [5, 5.41) is 0. The maximum absolute atomic E-state index is 11.7. The third kappa shape index (κ3) is 1.97. The summed E-state index contributed by atoms with van der Waals surface area (Å²) in [5.41, 5.74) is 2.56. The van der Waals surface area contributed by atoms with E-state index in [9.17, 15) is 4.79 Å². The molecule has 0 spiro atoms. The standard InChI is InChI=1S/C14H18N2O2/c1-15-7-8-16(13-6-9-18-14(13)17)10-11-4-2-3-5-12(11)15/h2-5,13H,6-10H2,1H3/t13-/m1/s1. The topological polar surface area (TPSA) is 32.8 Å². The molecule has 2 aliphatic rings. The summed E-state index contributed by atoms with van der Waals surface area (Å²) < 4.78 is 5.08. The largest absolute Gasteiger partial charge is 0.464 e. The van der Waals surface area contributed by atoms with E-state index >= 15 is 0 Å². The van der Waals surface area contributed by atoms with Crippen molar-refractivity contribution in [1.82, 2.24) is 4.90 Å². The molecule has 1 aromatic carbocycles. The van der Waals surface area contributed by atoms with Crippen LogP contribution in [0.3, 0.4) is 0 Å². The normalized spacial score (nSPS) is 24.6. The molecule has 3 rings (SSSR count). The van der Waals surface area contributed by atoms with E-state index in [-0.39, 0.29) is 12.0 Å². The Morgan fingerprint density at radius 2 is 2.11 bits per heavy atom. The molecule has 0 aliphatic carbocycles. The number of hydrogen-bond donors (Lipinski definition) is 0. The first-order valence-electron chi connectivity index (χ1n) is 6.45. The van der Waals surface area contributed by atoms with Gasteiger partial charge in [0.25, 0.3) is 0 Å². The van der Waals surface area contributed by atoms with E-state index in [1.165, 1.54) is 11.3 Å². The fourth-order valence-corrected chi connectivity index (χ4v) is 2.80. The zero-order chi connectivity index (χ0) is 12.5. The number of likely N-dealkylation sites (N-methyl/N-ethyl adjacent to an activating group) is 1. The summed E-state index contributed by atoms with van der Waals surface area (Å²) in [7, 11) is 2.11. The van der Waals surface area contributed by atoms with Gasteiger partial charge in [0.15, 0.2) is 0 Å². The van der Waals surface area contributed by atoms with E-state index in [2.05, 4.69) is 41.1 Å². The summed E-state index contributed by atoms with van der Waals surface area (Å²) >= 11 is 0. The number of rotatable bonds is 1. The minimum Gasteiger partial charge on any atom is -0.464 e. The van der Waals surface area contributed by atoms with Crippen molar-refractivity contribution in [2.24, 2.45) is 0 Å². The number of nitrogens with zero attached hydrogens (tertiary/aromatic N) is 2. The Kier molecular flexibility index (Phi) is 2.96. The minimum atomic E-state index is -0.0583. The van der Waals surface area contributed by atoms with Gasteiger partial charge in [0.1, 0.15) is 6.04 Å². The number of anilines is 1. The molecule has 0 amide bonds. The molecule has 0 N–H and O–H groups in total. The van der Waals surface area contributed by atoms with Crippen LogP contribution in [0.4, 0.5) is 5.69 Å². The van der Waals surface area contributed by atoms with Gasteiger partial charge in [-0.3, -0.25) is 9.69 Å². The van der Waals surface area contributed by atoms with Crippen LogP contribution < -0.4 is 4.90 Å². The molecule has 2 heterocycles. The first-order valence-corrected chi connectivity index (χ1v) is 6.45. The summed E-state index contributed by atoms with van der Waals surface area (Å²) in [6.07, 6.45) is 0.824. The Balaban J connectivity index is 1.86. The number of hydrogen-bond acceptors (Lipinski definition) is 4. The molecule has 1 saturated heterocycles. The van der Waals surface area contributed by atoms with Crippen molar-refractivity contribution in [1.29, 1.82) is 0 Å². The van der Waals surface area contributed by atoms with Gasteiger partial charge < -0.3 is 9.64 Å². The predicted octanol–water partition coefficient (Wildman–Crippen LogP) is 1.25. The van der Waals surface area contributed by atoms with E-state index in [4.69, 9.17) is 4.74 Å². The van der Waals surface area contributed by atoms with Crippen LogP contribution >= 0.6 is 0 Å². The quantitative estimate of drug-likeness (QED) is 0.698. The molecule has 0 aromatic heterocycles. The van der Waals surface area contributed by atoms with Gasteiger partial charge in [-0.1, -0.05) is 18.2 Å². The predicted molar refractivity (Wildman–Crippen MR) is 69.5 cm³/mol. The fourth-order valence-electron chi connectivity index (χ4n) is 2.80. The molecule has 18 heavy (non-hydrogen) atoms. The highest BCUT2D eigenvalue weighted by atomic mass is 16.5. The van der Waals surface area contributed by atoms with E-state index in [0.717, 1.165) is 26.1 Å². The molecule has 0 saturated carbocycles. The zero-order valence-electron chi connectivity index (χ0n) is 10.6. The zero-order valence-corrected chi connectivity index (χ0v) is 10.6. The Morgan fingerprint density at radius 1 is 1.28 bits per heavy atom. The van der Waals surface area contributed by atoms with Crippen molar-refractivity contribution in [2.45, 2.75) is 19.0 Å². The summed E-state index contributed by atoms with van der Waals surface area (Å²) in [4.78, 5) is 16.2. The summed E-state index contributed by atoms with van der Waals surface area (Å²) in [6, 6.07) is 8.36. The molecule has 96 valence electrons. The first kappa shape index (κ1) is 11.5. The smallest absolute Gasteiger partial charge is 0.323 e. The maximum Gasteiger partial charge on any atom is 0.323 e. The Bertz CT molecular complexity index is 461. The SMILES string of the molecule is CN1CCN([C@@H]2CCOC2=O)Cc2ccccc21. The number of para-hydroxylation sites is 1. The van der Waals surface area contributed by atoms with Crippen LogP contribution in [-0.2, 0) is 16.1 Å². The van der Waals surface area contributed by atoms with Crippen LogP contribution in [0.1, 0.15) is 12.0 Å². The van der Waals surface area contributed by atoms with Crippen molar-refractivity contribution < 1.29 is 9.53 Å². The highest BCUT2D eigenvalue weighted by Gasteiger charge is 2.33. The van der Waals surface area contributed by atoms with Crippen LogP contribution in [-0.4, -0.2) is 43.7 Å². The monoisotopic (exact) mass is 246 g/mol. The average molecular weight is 246 g/mol. The lowest BCUT2D eigenvalue weighted by Crippen LogP contribution is -2.40. The molecule has 4 heteroatoms. The number of carbonyl (C=O) groups excluding carboxylic acids is 1. The highest BCUT2D eigenvalue weighted by Crippen LogP contribution is 2.26. The van der Waals surface area contributed by atoms with Gasteiger partial charge >= 0.3 is 5.97 Å². The second-order valence-electron chi connectivity index (χ2n) is 4.99. The van der Waals surface area contributed by atoms with Crippen molar-refractivity contribution in [2.75, 3.05) is 31.6 Å². The first-order chi connectivity index (χ1) is 8.75. The molecule has 1 aromatic rings. The molecule has 4 nitrogen and oxygen atoms in total. The summed E-state index contributed by atoms with van der Waals surface area (Å²) in [5.74, 6) is -0.0583. The van der Waals surface area contributed by atoms with Gasteiger partial charge in [0.2, 0.25) is 0 Å². The minimum absolute atomic E-state index is 0.0513. The fraction of sp³-hybridized carbons (Fsp3) is 0.500. The molecular weight excluding hydrogens is 228 g/mol. The molecular formula is C14H18N2O2. The van der Waals surface area contributed by atoms with Crippen LogP contribution in [0.15, 0.2) is 24.3 Å². The van der Waals surface area contributed by atoms with E-state index in [1.807, 2.05) is 0 Å². The second-order valence-corrected chi connectivity index (χ2v) is 4.99. The van der Waals surface area contributed by atoms with Gasteiger partial charge in [0, 0.05) is 38.8 Å². The summed E-state index contributed by atoms with van der Waals surface area (Å²) in [6.45, 7) is 3.25. The molecule has 0 bridgehead atoms. The average Bonchev–Trinajstić information content (AvgIpc) is 2.73. The number of carbonyl (C=O) groups is 1. The lowest BCUT2D eigenvalue weighted by atomic mass is 10.1. The Hall–Kier alpha value is -1.55. The van der Waals surface area contributed by atoms with Gasteiger partial charge in [-0.05, 0) is 11.6 Å². The van der Waals surface area contributed by atoms with Gasteiger partial charge in [-0.15, -0.1) is 0 Å². The van der Waals surface area contributed by atoms with Crippen molar-refractivity contribution in [3.05, 3.63) is 29.8 Å². The van der Waals surface area contributed by atoms with E-state index in [1.54, 1.807) is 0 Å². The molecule has 1 fully saturated rings. The van der Waals surface area contributed by atoms with Crippen molar-refractivity contribution in [3.63, 3.8) is 0 Å². The van der Waals surface area contributed by atoms with Crippen LogP contribution in [0.2, 0.25) is 0 Å². The van der Waals surface area contributed by atoms with Crippen molar-refractivity contribution >= 4 is 11.7 Å².